The Balaban J connectivity index is 0.000000146. The van der Waals surface area contributed by atoms with E-state index in [2.05, 4.69) is 41.4 Å². The van der Waals surface area contributed by atoms with E-state index in [0.29, 0.717) is 82.5 Å². The average Bonchev–Trinajstić information content (AvgIpc) is 1.69. The molecule has 4 saturated carbocycles. The summed E-state index contributed by atoms with van der Waals surface area (Å²) in [6.07, 6.45) is -14.0. The maximum Gasteiger partial charge on any atom is 0.437 e. The molecule has 16 aliphatic heterocycles. The van der Waals surface area contributed by atoms with Crippen molar-refractivity contribution in [3.8, 4) is 6.07 Å². The van der Waals surface area contributed by atoms with Crippen LogP contribution in [0.15, 0.2) is 0 Å². The minimum absolute atomic E-state index is 0.0193. The molecule has 2 amide bonds. The average molecular weight is 1750 g/mol. The lowest BCUT2D eigenvalue weighted by atomic mass is 9.56. The summed E-state index contributed by atoms with van der Waals surface area (Å²) < 4.78 is 217. The number of amides is 2. The third-order valence-electron chi connectivity index (χ3n) is 28.1. The van der Waals surface area contributed by atoms with Gasteiger partial charge in [0.15, 0.2) is 54.2 Å². The van der Waals surface area contributed by atoms with E-state index in [9.17, 15) is 67.1 Å². The lowest BCUT2D eigenvalue weighted by molar-refractivity contribution is -0.584. The maximum atomic E-state index is 14.5. The molecule has 8 bridgehead atoms. The second kappa shape index (κ2) is 31.7. The molecular formula is C73H105BrCl2F12N4O21. The van der Waals surface area contributed by atoms with E-state index in [1.807, 2.05) is 17.6 Å². The Morgan fingerprint density at radius 3 is 1.02 bits per heavy atom. The molecule has 16 saturated heterocycles. The highest BCUT2D eigenvalue weighted by molar-refractivity contribution is 9.10. The molecule has 20 fully saturated rings. The van der Waals surface area contributed by atoms with Crippen molar-refractivity contribution in [2.24, 2.45) is 100 Å². The van der Waals surface area contributed by atoms with Gasteiger partial charge in [-0.25, -0.2) is 39.1 Å². The zero-order valence-electron chi connectivity index (χ0n) is 65.3. The number of hydrogen-bond acceptors (Lipinski definition) is 23. The van der Waals surface area contributed by atoms with Gasteiger partial charge in [0.2, 0.25) is 50.7 Å². The summed E-state index contributed by atoms with van der Waals surface area (Å²) in [4.78, 5) is 80.7. The van der Waals surface area contributed by atoms with E-state index in [1.54, 1.807) is 40.7 Å². The van der Waals surface area contributed by atoms with Crippen LogP contribution in [-0.4, -0.2) is 159 Å². The fourth-order valence-corrected chi connectivity index (χ4v) is 22.6. The molecule has 4 spiro atoms. The van der Waals surface area contributed by atoms with Gasteiger partial charge in [-0.1, -0.05) is 55.4 Å². The molecule has 40 heteroatoms. The van der Waals surface area contributed by atoms with E-state index in [-0.39, 0.29) is 46.8 Å². The maximum absolute atomic E-state index is 14.5. The van der Waals surface area contributed by atoms with Crippen molar-refractivity contribution in [2.75, 3.05) is 18.6 Å². The molecule has 16 heterocycles. The summed E-state index contributed by atoms with van der Waals surface area (Å²) in [6.45, 7) is 21.4. The number of rotatable bonds is 5. The first-order valence-corrected chi connectivity index (χ1v) is 40.5. The van der Waals surface area contributed by atoms with E-state index < -0.39 is 190 Å². The lowest BCUT2D eigenvalue weighted by Crippen LogP contribution is -2.79. The topological polar surface area (TPSA) is 302 Å². The molecule has 648 valence electrons. The minimum atomic E-state index is -4.96. The number of fused-ring (bicyclic) bond motifs is 8. The van der Waals surface area contributed by atoms with Crippen LogP contribution in [0.25, 0.3) is 0 Å². The van der Waals surface area contributed by atoms with Crippen molar-refractivity contribution >= 4 is 56.9 Å². The fourth-order valence-electron chi connectivity index (χ4n) is 22.1. The molecule has 0 aromatic carbocycles. The van der Waals surface area contributed by atoms with Crippen LogP contribution in [-0.2, 0) is 96.1 Å². The highest BCUT2D eigenvalue weighted by Crippen LogP contribution is 2.70. The predicted octanol–water partition coefficient (Wildman–Crippen LogP) is 14.6. The van der Waals surface area contributed by atoms with Gasteiger partial charge in [-0.05, 0) is 168 Å². The molecule has 5 N–H and O–H groups in total. The Kier molecular flexibility index (Phi) is 25.6. The Labute approximate surface area is 665 Å². The first kappa shape index (κ1) is 91.1. The molecule has 32 atom stereocenters. The highest BCUT2D eigenvalue weighted by Gasteiger charge is 2.82. The summed E-state index contributed by atoms with van der Waals surface area (Å²) in [5.41, 5.74) is -7.39. The Morgan fingerprint density at radius 2 is 0.735 bits per heavy atom. The Bertz CT molecular complexity index is 3410. The standard InChI is InChI=1S/C20H28F3NO7.C18H26F3NO6.C16H22BrF3O4.C16H24F3NO4.C2H3N.CH2Cl2/c1-10-5-6-14-11(2)19(20(21,22)23,24-15(26)9-27-12(3)25)29-16-18(14)13(10)7-8-17(4,28-16)30-31-18;1-9-4-5-12-10(2)17(18(19,20)21,22-13(24)8-23)26-14-16(12)11(9)6-7-15(3,25-14)27-28-16;1-8-4-5-11-9(2)15(17,16(18,19)20)22-12-14(11)10(8)6-7-13(3,21-12)23-24-14;1-8-4-5-11-9(2)15(20,16(17,18)19)22-12-14(11)10(8)6-7-13(3,21-12)23-24-14;1-2-3;2-1-3/h10-11,13-14,16H,5-9H2,1-4H3,(H,24,26);9-12,14,23H,4-8H2,1-3H3,(H,22,24);8-12H,4-7H2,1-3H3;8-12H,4-7,20H2,1-3H3;1H3;1H2/t10-,11-,13?,14+,16+,17+,18-,19-;9-,10-,11?,12+,14+,15+,16-,17-;2*8-,9-,10?,11+,12+,13+,14-,15-;;/m1111../s1. The largest absolute Gasteiger partial charge is 0.456 e. The number of aliphatic hydroxyl groups excluding tert-OH is 1. The SMILES string of the molecule is CC#N.CC(=O)OCC(=O)N[C@@]1(C(F)(F)F)O[C@@H]2O[C@]3(C)CCC4[C@H](C)CC[C@@H]([C@H]1C)[C@]42OO3.C[C@@H]1CC[C@H]2[C@@H](C)[C@](Br)(C(F)(F)F)O[C@@H]3O[C@]4(C)CCC1[C@]32OO4.C[C@@H]1CC[C@H]2[C@@H](C)[C@](N)(C(F)(F)F)O[C@@H]3O[C@]4(C)CCC1[C@]32OO4.C[C@@H]1CC[C@H]2[C@@H](C)[C@](NC(=O)CO)(C(F)(F)F)O[C@@H]3O[C@]4(C)CCC1[C@]32OO4.ClCCl. The number of carbonyl (C=O) groups is 3. The molecule has 0 radical (unpaired) electrons. The number of nitriles is 1. The second-order valence-electron chi connectivity index (χ2n) is 34.5. The van der Waals surface area contributed by atoms with Gasteiger partial charge < -0.3 is 58.4 Å². The van der Waals surface area contributed by atoms with Crippen molar-refractivity contribution in [1.82, 2.24) is 10.6 Å². The van der Waals surface area contributed by atoms with Gasteiger partial charge in [-0.3, -0.25) is 20.1 Å². The van der Waals surface area contributed by atoms with E-state index in [1.165, 1.54) is 27.7 Å². The molecule has 0 aromatic rings. The number of aliphatic hydroxyl groups is 1. The quantitative estimate of drug-likeness (QED) is 0.0860. The molecule has 4 aliphatic carbocycles. The van der Waals surface area contributed by atoms with E-state index >= 15 is 0 Å². The summed E-state index contributed by atoms with van der Waals surface area (Å²) in [6, 6.07) is 1.75. The third kappa shape index (κ3) is 15.0. The monoisotopic (exact) mass is 1750 g/mol. The molecule has 0 aromatic heterocycles. The normalized spacial score (nSPS) is 49.9. The molecule has 20 aliphatic rings. The van der Waals surface area contributed by atoms with Crippen LogP contribution in [0, 0.1) is 106 Å². The smallest absolute Gasteiger partial charge is 0.437 e. The van der Waals surface area contributed by atoms with Gasteiger partial charge in [0, 0.05) is 86.9 Å². The molecule has 4 unspecified atom stereocenters. The Morgan fingerprint density at radius 1 is 0.451 bits per heavy atom. The zero-order valence-corrected chi connectivity index (χ0v) is 68.4. The number of nitrogens with zero attached hydrogens (tertiary/aromatic N) is 1. The minimum Gasteiger partial charge on any atom is -0.456 e. The highest BCUT2D eigenvalue weighted by atomic mass is 79.9. The molecule has 25 nitrogen and oxygen atoms in total. The first-order valence-electron chi connectivity index (χ1n) is 38.7. The summed E-state index contributed by atoms with van der Waals surface area (Å²) >= 11 is 12.4. The van der Waals surface area contributed by atoms with Gasteiger partial charge in [0.1, 0.15) is 6.61 Å². The van der Waals surface area contributed by atoms with Crippen LogP contribution >= 0.6 is 39.1 Å². The summed E-state index contributed by atoms with van der Waals surface area (Å²) in [7, 11) is 0. The number of nitrogens with one attached hydrogen (secondary N) is 2. The van der Waals surface area contributed by atoms with Crippen LogP contribution in [0.5, 0.6) is 0 Å². The number of hydrogen-bond donors (Lipinski definition) is 4. The second-order valence-corrected chi connectivity index (χ2v) is 36.5. The zero-order chi connectivity index (χ0) is 83.9. The van der Waals surface area contributed by atoms with Crippen molar-refractivity contribution in [1.29, 1.82) is 5.26 Å². The van der Waals surface area contributed by atoms with Crippen molar-refractivity contribution in [2.45, 2.75) is 317 Å². The van der Waals surface area contributed by atoms with Crippen LogP contribution in [0.4, 0.5) is 52.7 Å². The van der Waals surface area contributed by atoms with Crippen LogP contribution in [0.2, 0.25) is 0 Å². The fraction of sp³-hybridized carbons (Fsp3) is 0.945. The number of halogens is 15. The molecular weight excluding hydrogens is 1650 g/mol. The van der Waals surface area contributed by atoms with Gasteiger partial charge >= 0.3 is 30.7 Å². The first-order chi connectivity index (χ1) is 52.2. The summed E-state index contributed by atoms with van der Waals surface area (Å²) in [5.74, 6) is -13.1. The lowest BCUT2D eigenvalue weighted by Gasteiger charge is -2.63. The van der Waals surface area contributed by atoms with Gasteiger partial charge in [0.25, 0.3) is 5.91 Å². The van der Waals surface area contributed by atoms with E-state index in [0.717, 1.165) is 39.0 Å². The van der Waals surface area contributed by atoms with Crippen molar-refractivity contribution < 1.29 is 154 Å². The van der Waals surface area contributed by atoms with Crippen molar-refractivity contribution in [3.05, 3.63) is 0 Å². The van der Waals surface area contributed by atoms with Gasteiger partial charge in [-0.15, -0.1) is 23.2 Å². The summed E-state index contributed by atoms with van der Waals surface area (Å²) in [5, 5.41) is 20.4. The number of esters is 1. The number of nitrogens with two attached hydrogens (primary N) is 1. The van der Waals surface area contributed by atoms with Crippen molar-refractivity contribution in [3.63, 3.8) is 0 Å². The number of ether oxygens (including phenoxy) is 9. The molecule has 20 rings (SSSR count). The number of carbonyl (C=O) groups excluding carboxylic acids is 3. The Hall–Kier alpha value is -2.60. The van der Waals surface area contributed by atoms with Gasteiger partial charge in [0.05, 0.1) is 11.4 Å². The molecule has 113 heavy (non-hydrogen) atoms. The van der Waals surface area contributed by atoms with Crippen LogP contribution in [0.1, 0.15) is 200 Å². The van der Waals surface area contributed by atoms with E-state index in [4.69, 9.17) is 116 Å². The third-order valence-corrected chi connectivity index (χ3v) is 29.5. The van der Waals surface area contributed by atoms with Gasteiger partial charge in [-0.2, -0.15) is 57.9 Å². The number of alkyl halides is 15. The van der Waals surface area contributed by atoms with Crippen LogP contribution < -0.4 is 16.4 Å². The predicted molar refractivity (Wildman–Crippen MR) is 368 cm³/mol. The van der Waals surface area contributed by atoms with Crippen LogP contribution in [0.3, 0.4) is 0 Å².